The standard InChI is InChI=1S/C11H14IO/c1-4-13-11-7-9(8(2)3)5-6-10(11)12/h5-8H,2,4H2,1,3H3. The van der Waals surface area contributed by atoms with Gasteiger partial charge in [-0.25, -0.2) is 0 Å². The SMILES string of the molecule is [CH2]C(C)c1ccc(I)c(OCC)c1. The van der Waals surface area contributed by atoms with Crippen LogP contribution >= 0.6 is 22.6 Å². The van der Waals surface area contributed by atoms with Crippen LogP contribution in [0.15, 0.2) is 18.2 Å². The maximum atomic E-state index is 5.49. The molecule has 1 radical (unpaired) electrons. The zero-order valence-electron chi connectivity index (χ0n) is 8.01. The molecule has 0 aromatic heterocycles. The summed E-state index contributed by atoms with van der Waals surface area (Å²) < 4.78 is 6.65. The molecule has 2 heteroatoms. The van der Waals surface area contributed by atoms with Gasteiger partial charge in [-0.1, -0.05) is 13.0 Å². The highest BCUT2D eigenvalue weighted by Gasteiger charge is 2.04. The van der Waals surface area contributed by atoms with Crippen LogP contribution in [-0.4, -0.2) is 6.61 Å². The highest BCUT2D eigenvalue weighted by atomic mass is 127. The van der Waals surface area contributed by atoms with Gasteiger partial charge in [0.25, 0.3) is 0 Å². The van der Waals surface area contributed by atoms with Crippen molar-refractivity contribution in [3.63, 3.8) is 0 Å². The van der Waals surface area contributed by atoms with Gasteiger partial charge < -0.3 is 4.74 Å². The minimum Gasteiger partial charge on any atom is -0.493 e. The molecule has 0 spiro atoms. The molecular weight excluding hydrogens is 275 g/mol. The molecule has 1 unspecified atom stereocenters. The van der Waals surface area contributed by atoms with E-state index < -0.39 is 0 Å². The van der Waals surface area contributed by atoms with Crippen molar-refractivity contribution in [3.8, 4) is 5.75 Å². The first kappa shape index (κ1) is 10.8. The monoisotopic (exact) mass is 289 g/mol. The summed E-state index contributed by atoms with van der Waals surface area (Å²) in [5.74, 6) is 1.28. The first-order chi connectivity index (χ1) is 6.15. The van der Waals surface area contributed by atoms with E-state index in [2.05, 4.69) is 54.6 Å². The Labute approximate surface area is 93.6 Å². The van der Waals surface area contributed by atoms with Crippen molar-refractivity contribution < 1.29 is 4.74 Å². The van der Waals surface area contributed by atoms with Crippen LogP contribution in [0, 0.1) is 10.5 Å². The van der Waals surface area contributed by atoms with E-state index in [1.807, 2.05) is 6.92 Å². The summed E-state index contributed by atoms with van der Waals surface area (Å²) in [6.07, 6.45) is 0. The van der Waals surface area contributed by atoms with Crippen molar-refractivity contribution in [3.05, 3.63) is 34.3 Å². The molecular formula is C11H14IO. The van der Waals surface area contributed by atoms with E-state index in [-0.39, 0.29) is 0 Å². The van der Waals surface area contributed by atoms with Gasteiger partial charge in [0, 0.05) is 0 Å². The smallest absolute Gasteiger partial charge is 0.132 e. The minimum absolute atomic E-state index is 0.316. The van der Waals surface area contributed by atoms with Crippen molar-refractivity contribution in [2.75, 3.05) is 6.61 Å². The summed E-state index contributed by atoms with van der Waals surface area (Å²) in [5.41, 5.74) is 1.23. The van der Waals surface area contributed by atoms with Crippen LogP contribution in [-0.2, 0) is 0 Å². The Morgan fingerprint density at radius 2 is 2.23 bits per heavy atom. The van der Waals surface area contributed by atoms with Gasteiger partial charge in [0.15, 0.2) is 0 Å². The third-order valence-corrected chi connectivity index (χ3v) is 2.72. The van der Waals surface area contributed by atoms with Gasteiger partial charge in [-0.3, -0.25) is 0 Å². The molecule has 0 heterocycles. The lowest BCUT2D eigenvalue weighted by atomic mass is 10.0. The van der Waals surface area contributed by atoms with Crippen molar-refractivity contribution in [1.82, 2.24) is 0 Å². The average Bonchev–Trinajstić information content (AvgIpc) is 2.08. The Morgan fingerprint density at radius 1 is 1.54 bits per heavy atom. The number of halogens is 1. The van der Waals surface area contributed by atoms with Gasteiger partial charge in [-0.2, -0.15) is 0 Å². The largest absolute Gasteiger partial charge is 0.493 e. The van der Waals surface area contributed by atoms with Gasteiger partial charge in [0.05, 0.1) is 10.2 Å². The topological polar surface area (TPSA) is 9.23 Å². The van der Waals surface area contributed by atoms with Crippen LogP contribution in [0.2, 0.25) is 0 Å². The third kappa shape index (κ3) is 2.86. The van der Waals surface area contributed by atoms with E-state index in [9.17, 15) is 0 Å². The van der Waals surface area contributed by atoms with Crippen LogP contribution < -0.4 is 4.74 Å². The molecule has 0 N–H and O–H groups in total. The predicted octanol–water partition coefficient (Wildman–Crippen LogP) is 3.63. The van der Waals surface area contributed by atoms with Gasteiger partial charge in [0.1, 0.15) is 5.75 Å². The Hall–Kier alpha value is -0.250. The highest BCUT2D eigenvalue weighted by molar-refractivity contribution is 14.1. The molecule has 0 saturated carbocycles. The zero-order valence-corrected chi connectivity index (χ0v) is 10.2. The third-order valence-electron chi connectivity index (χ3n) is 1.82. The van der Waals surface area contributed by atoms with E-state index in [0.717, 1.165) is 9.32 Å². The maximum Gasteiger partial charge on any atom is 0.132 e. The molecule has 1 nitrogen and oxygen atoms in total. The number of ether oxygens (including phenoxy) is 1. The number of hydrogen-bond donors (Lipinski definition) is 0. The summed E-state index contributed by atoms with van der Waals surface area (Å²) >= 11 is 2.28. The van der Waals surface area contributed by atoms with E-state index >= 15 is 0 Å². The Morgan fingerprint density at radius 3 is 2.77 bits per heavy atom. The second kappa shape index (κ2) is 4.84. The molecule has 0 aliphatic carbocycles. The fourth-order valence-electron chi connectivity index (χ4n) is 1.09. The maximum absolute atomic E-state index is 5.49. The molecule has 1 aromatic carbocycles. The molecule has 71 valence electrons. The van der Waals surface area contributed by atoms with E-state index in [0.29, 0.717) is 12.5 Å². The summed E-state index contributed by atoms with van der Waals surface area (Å²) in [6, 6.07) is 6.24. The zero-order chi connectivity index (χ0) is 9.84. The molecule has 1 aromatic rings. The van der Waals surface area contributed by atoms with Crippen LogP contribution in [0.4, 0.5) is 0 Å². The molecule has 0 fully saturated rings. The summed E-state index contributed by atoms with van der Waals surface area (Å²) in [4.78, 5) is 0. The van der Waals surface area contributed by atoms with E-state index in [4.69, 9.17) is 4.74 Å². The Kier molecular flexibility index (Phi) is 4.03. The van der Waals surface area contributed by atoms with Crippen LogP contribution in [0.1, 0.15) is 25.3 Å². The summed E-state index contributed by atoms with van der Waals surface area (Å²) in [5, 5.41) is 0. The second-order valence-corrected chi connectivity index (χ2v) is 4.19. The van der Waals surface area contributed by atoms with Crippen molar-refractivity contribution in [2.45, 2.75) is 19.8 Å². The van der Waals surface area contributed by atoms with Crippen LogP contribution in [0.3, 0.4) is 0 Å². The quantitative estimate of drug-likeness (QED) is 0.772. The van der Waals surface area contributed by atoms with Crippen LogP contribution in [0.25, 0.3) is 0 Å². The lowest BCUT2D eigenvalue weighted by Crippen LogP contribution is -1.96. The summed E-state index contributed by atoms with van der Waals surface area (Å²) in [7, 11) is 0. The van der Waals surface area contributed by atoms with Crippen molar-refractivity contribution in [2.24, 2.45) is 0 Å². The molecule has 13 heavy (non-hydrogen) atoms. The second-order valence-electron chi connectivity index (χ2n) is 3.02. The predicted molar refractivity (Wildman–Crippen MR) is 64.1 cm³/mol. The first-order valence-corrected chi connectivity index (χ1v) is 5.48. The number of hydrogen-bond acceptors (Lipinski definition) is 1. The fourth-order valence-corrected chi connectivity index (χ4v) is 1.58. The molecule has 1 atom stereocenters. The highest BCUT2D eigenvalue weighted by Crippen LogP contribution is 2.25. The minimum atomic E-state index is 0.316. The van der Waals surface area contributed by atoms with Crippen LogP contribution in [0.5, 0.6) is 5.75 Å². The van der Waals surface area contributed by atoms with Gasteiger partial charge >= 0.3 is 0 Å². The van der Waals surface area contributed by atoms with E-state index in [1.54, 1.807) is 0 Å². The van der Waals surface area contributed by atoms with Crippen molar-refractivity contribution >= 4 is 22.6 Å². The van der Waals surface area contributed by atoms with Gasteiger partial charge in [-0.05, 0) is 60.1 Å². The summed E-state index contributed by atoms with van der Waals surface area (Å²) in [6.45, 7) is 8.77. The van der Waals surface area contributed by atoms with Gasteiger partial charge in [-0.15, -0.1) is 0 Å². The van der Waals surface area contributed by atoms with Crippen molar-refractivity contribution in [1.29, 1.82) is 0 Å². The molecule has 0 bridgehead atoms. The normalized spacial score (nSPS) is 10.5. The average molecular weight is 289 g/mol. The molecule has 0 aliphatic heterocycles. The molecule has 0 saturated heterocycles. The fraction of sp³-hybridized carbons (Fsp3) is 0.364. The molecule has 0 aliphatic rings. The Bertz CT molecular complexity index is 281. The van der Waals surface area contributed by atoms with Gasteiger partial charge in [0.2, 0.25) is 0 Å². The molecule has 1 rings (SSSR count). The number of benzene rings is 1. The Balaban J connectivity index is 2.97. The molecule has 0 amide bonds. The lowest BCUT2D eigenvalue weighted by Gasteiger charge is -2.10. The first-order valence-electron chi connectivity index (χ1n) is 4.40. The lowest BCUT2D eigenvalue weighted by molar-refractivity contribution is 0.337. The van der Waals surface area contributed by atoms with E-state index in [1.165, 1.54) is 5.56 Å². The number of rotatable bonds is 3.